The van der Waals surface area contributed by atoms with Crippen molar-refractivity contribution in [2.75, 3.05) is 0 Å². The molecule has 0 spiro atoms. The Morgan fingerprint density at radius 1 is 1.50 bits per heavy atom. The summed E-state index contributed by atoms with van der Waals surface area (Å²) in [6, 6.07) is 0. The van der Waals surface area contributed by atoms with Crippen molar-refractivity contribution in [3.8, 4) is 12.3 Å². The first kappa shape index (κ1) is 9.52. The molecule has 0 saturated carbocycles. The third-order valence-electron chi connectivity index (χ3n) is 1.80. The minimum absolute atomic E-state index is 0.656. The lowest BCUT2D eigenvalue weighted by Crippen LogP contribution is -2.24. The lowest BCUT2D eigenvalue weighted by Gasteiger charge is -2.18. The van der Waals surface area contributed by atoms with E-state index in [1.807, 2.05) is 6.92 Å². The summed E-state index contributed by atoms with van der Waals surface area (Å²) in [4.78, 5) is 0. The molecule has 1 N–H and O–H groups in total. The van der Waals surface area contributed by atoms with Crippen molar-refractivity contribution in [2.45, 2.75) is 45.1 Å². The predicted octanol–water partition coefficient (Wildman–Crippen LogP) is 1.95. The quantitative estimate of drug-likeness (QED) is 0.592. The molecule has 0 amide bonds. The van der Waals surface area contributed by atoms with Crippen LogP contribution in [-0.2, 0) is 0 Å². The predicted molar refractivity (Wildman–Crippen MR) is 43.6 cm³/mol. The maximum Gasteiger partial charge on any atom is 0.125 e. The molecular formula is C9H16O. The van der Waals surface area contributed by atoms with Crippen molar-refractivity contribution in [1.29, 1.82) is 0 Å². The van der Waals surface area contributed by atoms with Gasteiger partial charge < -0.3 is 5.11 Å². The van der Waals surface area contributed by atoms with Crippen LogP contribution in [0, 0.1) is 12.3 Å². The third-order valence-corrected chi connectivity index (χ3v) is 1.80. The minimum Gasteiger partial charge on any atom is -0.378 e. The molecule has 10 heavy (non-hydrogen) atoms. The zero-order valence-electron chi connectivity index (χ0n) is 6.85. The van der Waals surface area contributed by atoms with E-state index in [2.05, 4.69) is 12.8 Å². The molecule has 0 saturated heterocycles. The van der Waals surface area contributed by atoms with Gasteiger partial charge in [0.1, 0.15) is 5.60 Å². The molecule has 0 aromatic heterocycles. The molecule has 58 valence electrons. The van der Waals surface area contributed by atoms with Crippen molar-refractivity contribution < 1.29 is 5.11 Å². The summed E-state index contributed by atoms with van der Waals surface area (Å²) in [5.41, 5.74) is -0.837. The Morgan fingerprint density at radius 3 is 2.40 bits per heavy atom. The second-order valence-electron chi connectivity index (χ2n) is 2.63. The molecular weight excluding hydrogens is 124 g/mol. The fourth-order valence-electron chi connectivity index (χ4n) is 0.820. The van der Waals surface area contributed by atoms with Crippen molar-refractivity contribution in [3.05, 3.63) is 0 Å². The van der Waals surface area contributed by atoms with Crippen LogP contribution in [-0.4, -0.2) is 10.7 Å². The van der Waals surface area contributed by atoms with Crippen molar-refractivity contribution in [2.24, 2.45) is 0 Å². The zero-order chi connectivity index (χ0) is 8.04. The van der Waals surface area contributed by atoms with E-state index < -0.39 is 5.60 Å². The Kier molecular flexibility index (Phi) is 4.14. The molecule has 0 radical (unpaired) electrons. The third kappa shape index (κ3) is 2.89. The summed E-state index contributed by atoms with van der Waals surface area (Å²) < 4.78 is 0. The molecule has 0 rings (SSSR count). The Hall–Kier alpha value is -0.480. The molecule has 0 aromatic carbocycles. The van der Waals surface area contributed by atoms with E-state index in [4.69, 9.17) is 6.42 Å². The largest absolute Gasteiger partial charge is 0.378 e. The molecule has 0 aliphatic heterocycles. The Morgan fingerprint density at radius 2 is 2.10 bits per heavy atom. The van der Waals surface area contributed by atoms with Gasteiger partial charge in [-0.3, -0.25) is 0 Å². The van der Waals surface area contributed by atoms with Crippen LogP contribution in [0.1, 0.15) is 39.5 Å². The summed E-state index contributed by atoms with van der Waals surface area (Å²) in [6.45, 7) is 4.00. The lowest BCUT2D eigenvalue weighted by molar-refractivity contribution is 0.0853. The Balaban J connectivity index is 3.72. The van der Waals surface area contributed by atoms with Gasteiger partial charge in [-0.1, -0.05) is 26.2 Å². The highest BCUT2D eigenvalue weighted by molar-refractivity contribution is 5.06. The average molecular weight is 140 g/mol. The van der Waals surface area contributed by atoms with Gasteiger partial charge in [-0.05, 0) is 19.3 Å². The van der Waals surface area contributed by atoms with Crippen LogP contribution in [0.25, 0.3) is 0 Å². The number of aliphatic hydroxyl groups is 1. The van der Waals surface area contributed by atoms with Crippen molar-refractivity contribution >= 4 is 0 Å². The maximum absolute atomic E-state index is 9.52. The van der Waals surface area contributed by atoms with Gasteiger partial charge in [0, 0.05) is 0 Å². The van der Waals surface area contributed by atoms with E-state index in [1.54, 1.807) is 0 Å². The molecule has 1 heteroatoms. The van der Waals surface area contributed by atoms with E-state index in [-0.39, 0.29) is 0 Å². The lowest BCUT2D eigenvalue weighted by atomic mass is 9.95. The monoisotopic (exact) mass is 140 g/mol. The van der Waals surface area contributed by atoms with Gasteiger partial charge in [-0.25, -0.2) is 0 Å². The smallest absolute Gasteiger partial charge is 0.125 e. The van der Waals surface area contributed by atoms with Crippen molar-refractivity contribution in [3.63, 3.8) is 0 Å². The molecule has 0 aromatic rings. The highest BCUT2D eigenvalue weighted by atomic mass is 16.3. The number of unbranched alkanes of at least 4 members (excludes halogenated alkanes) is 1. The highest BCUT2D eigenvalue weighted by Gasteiger charge is 2.19. The highest BCUT2D eigenvalue weighted by Crippen LogP contribution is 2.16. The van der Waals surface area contributed by atoms with E-state index in [0.717, 1.165) is 19.3 Å². The summed E-state index contributed by atoms with van der Waals surface area (Å²) in [5, 5.41) is 9.52. The number of hydrogen-bond donors (Lipinski definition) is 1. The summed E-state index contributed by atoms with van der Waals surface area (Å²) >= 11 is 0. The standard InChI is InChI=1S/C9H16O/c1-4-7-8-9(10,5-2)6-3/h2,10H,4,6-8H2,1,3H3/t9-/m0/s1. The van der Waals surface area contributed by atoms with Crippen LogP contribution in [0.2, 0.25) is 0 Å². The Bertz CT molecular complexity index is 123. The number of terminal acetylenes is 1. The summed E-state index contributed by atoms with van der Waals surface area (Å²) in [6.07, 6.45) is 8.64. The molecule has 0 bridgehead atoms. The fourth-order valence-corrected chi connectivity index (χ4v) is 0.820. The normalized spacial score (nSPS) is 15.8. The second-order valence-corrected chi connectivity index (χ2v) is 2.63. The first-order valence-corrected chi connectivity index (χ1v) is 3.88. The van der Waals surface area contributed by atoms with Crippen LogP contribution in [0.5, 0.6) is 0 Å². The second kappa shape index (κ2) is 4.35. The van der Waals surface area contributed by atoms with Crippen LogP contribution in [0.4, 0.5) is 0 Å². The fraction of sp³-hybridized carbons (Fsp3) is 0.778. The van der Waals surface area contributed by atoms with Gasteiger partial charge in [-0.15, -0.1) is 6.42 Å². The van der Waals surface area contributed by atoms with Crippen LogP contribution in [0.15, 0.2) is 0 Å². The van der Waals surface area contributed by atoms with E-state index in [1.165, 1.54) is 0 Å². The van der Waals surface area contributed by atoms with Gasteiger partial charge >= 0.3 is 0 Å². The van der Waals surface area contributed by atoms with Crippen LogP contribution < -0.4 is 0 Å². The molecule has 0 heterocycles. The van der Waals surface area contributed by atoms with Gasteiger partial charge in [0.25, 0.3) is 0 Å². The van der Waals surface area contributed by atoms with Gasteiger partial charge in [-0.2, -0.15) is 0 Å². The SMILES string of the molecule is C#C[C@](O)(CC)CCCC. The maximum atomic E-state index is 9.52. The summed E-state index contributed by atoms with van der Waals surface area (Å²) in [5.74, 6) is 2.42. The number of rotatable bonds is 4. The van der Waals surface area contributed by atoms with Crippen LogP contribution >= 0.6 is 0 Å². The van der Waals surface area contributed by atoms with Gasteiger partial charge in [0.15, 0.2) is 0 Å². The molecule has 1 atom stereocenters. The van der Waals surface area contributed by atoms with Crippen LogP contribution in [0.3, 0.4) is 0 Å². The van der Waals surface area contributed by atoms with E-state index in [0.29, 0.717) is 6.42 Å². The first-order valence-electron chi connectivity index (χ1n) is 3.88. The van der Waals surface area contributed by atoms with Gasteiger partial charge in [0.05, 0.1) is 0 Å². The minimum atomic E-state index is -0.837. The van der Waals surface area contributed by atoms with E-state index >= 15 is 0 Å². The summed E-state index contributed by atoms with van der Waals surface area (Å²) in [7, 11) is 0. The average Bonchev–Trinajstić information content (AvgIpc) is 2.00. The molecule has 0 aliphatic carbocycles. The van der Waals surface area contributed by atoms with Gasteiger partial charge in [0.2, 0.25) is 0 Å². The molecule has 0 unspecified atom stereocenters. The molecule has 1 nitrogen and oxygen atoms in total. The first-order chi connectivity index (χ1) is 4.68. The Labute approximate surface area is 63.5 Å². The van der Waals surface area contributed by atoms with E-state index in [9.17, 15) is 5.11 Å². The van der Waals surface area contributed by atoms with Crippen molar-refractivity contribution in [1.82, 2.24) is 0 Å². The number of hydrogen-bond acceptors (Lipinski definition) is 1. The zero-order valence-corrected chi connectivity index (χ0v) is 6.85. The topological polar surface area (TPSA) is 20.2 Å². The molecule has 0 aliphatic rings. The molecule has 0 fully saturated rings.